The van der Waals surface area contributed by atoms with E-state index in [1.54, 1.807) is 39.0 Å². The zero-order chi connectivity index (χ0) is 39.9. The van der Waals surface area contributed by atoms with Crippen LogP contribution in [0.15, 0.2) is 66.9 Å². The number of rotatable bonds is 15. The molecular formula is C40H44F2N4O8S. The third-order valence-electron chi connectivity index (χ3n) is 8.50. The summed E-state index contributed by atoms with van der Waals surface area (Å²) < 4.78 is 51.4. The Kier molecular flexibility index (Phi) is 12.9. The number of amides is 3. The average Bonchev–Trinajstić information content (AvgIpc) is 3.94. The smallest absolute Gasteiger partial charge is 0.408 e. The summed E-state index contributed by atoms with van der Waals surface area (Å²) in [5.74, 6) is -1.03. The Balaban J connectivity index is 1.17. The Hall–Kier alpha value is -5.44. The number of nitrogens with zero attached hydrogens (tertiary/aromatic N) is 1. The fourth-order valence-corrected chi connectivity index (χ4v) is 6.40. The first-order valence-electron chi connectivity index (χ1n) is 17.7. The van der Waals surface area contributed by atoms with E-state index in [4.69, 9.17) is 18.9 Å². The van der Waals surface area contributed by atoms with Crippen LogP contribution in [0.1, 0.15) is 53.9 Å². The maximum Gasteiger partial charge on any atom is 0.408 e. The van der Waals surface area contributed by atoms with E-state index in [-0.39, 0.29) is 34.8 Å². The third kappa shape index (κ3) is 10.6. The highest BCUT2D eigenvalue weighted by Gasteiger charge is 2.56. The predicted molar refractivity (Wildman–Crippen MR) is 206 cm³/mol. The van der Waals surface area contributed by atoms with E-state index in [1.807, 2.05) is 13.8 Å². The van der Waals surface area contributed by atoms with E-state index in [2.05, 4.69) is 20.9 Å². The zero-order valence-corrected chi connectivity index (χ0v) is 32.2. The summed E-state index contributed by atoms with van der Waals surface area (Å²) >= 11 is 1.11. The van der Waals surface area contributed by atoms with Crippen molar-refractivity contribution in [2.24, 2.45) is 11.3 Å². The number of carbonyl (C=O) groups excluding carboxylic acids is 4. The molecule has 1 aliphatic rings. The number of anilines is 2. The molecule has 3 aromatic carbocycles. The van der Waals surface area contributed by atoms with E-state index < -0.39 is 46.6 Å². The number of methoxy groups -OCH3 is 1. The minimum atomic E-state index is -1.31. The fraction of sp³-hybridized carbons (Fsp3) is 0.375. The van der Waals surface area contributed by atoms with Crippen LogP contribution in [0.2, 0.25) is 0 Å². The number of benzene rings is 3. The van der Waals surface area contributed by atoms with Crippen molar-refractivity contribution in [2.45, 2.75) is 65.5 Å². The van der Waals surface area contributed by atoms with Crippen molar-refractivity contribution in [1.82, 2.24) is 10.3 Å². The molecule has 0 aliphatic heterocycles. The molecule has 12 nitrogen and oxygen atoms in total. The number of nitrogens with one attached hydrogen (secondary N) is 3. The van der Waals surface area contributed by atoms with Gasteiger partial charge in [0.15, 0.2) is 23.1 Å². The molecular weight excluding hydrogens is 735 g/mol. The number of ether oxygens (including phenoxy) is 4. The monoisotopic (exact) mass is 778 g/mol. The van der Waals surface area contributed by atoms with Gasteiger partial charge in [-0.15, -0.1) is 0 Å². The van der Waals surface area contributed by atoms with Crippen molar-refractivity contribution >= 4 is 57.1 Å². The number of fused-ring (bicyclic) bond motifs is 1. The van der Waals surface area contributed by atoms with Crippen molar-refractivity contribution in [3.05, 3.63) is 78.5 Å². The molecule has 1 fully saturated rings. The molecule has 1 atom stereocenters. The minimum absolute atomic E-state index is 0.118. The van der Waals surface area contributed by atoms with Crippen molar-refractivity contribution in [3.8, 4) is 23.0 Å². The van der Waals surface area contributed by atoms with Gasteiger partial charge in [0.2, 0.25) is 16.9 Å². The molecule has 1 aliphatic carbocycles. The van der Waals surface area contributed by atoms with Gasteiger partial charge in [0.1, 0.15) is 28.6 Å². The fourth-order valence-electron chi connectivity index (χ4n) is 5.42. The molecule has 15 heteroatoms. The first kappa shape index (κ1) is 40.7. The lowest BCUT2D eigenvalue weighted by molar-refractivity contribution is -0.131. The number of thioether (sulfide) groups is 1. The van der Waals surface area contributed by atoms with Crippen LogP contribution in [-0.4, -0.2) is 59.1 Å². The molecule has 4 aromatic rings. The van der Waals surface area contributed by atoms with Crippen LogP contribution in [0.5, 0.6) is 23.0 Å². The largest absolute Gasteiger partial charge is 0.493 e. The number of hydrogen-bond donors (Lipinski definition) is 3. The highest BCUT2D eigenvalue weighted by atomic mass is 32.2. The molecule has 1 saturated carbocycles. The second-order valence-corrected chi connectivity index (χ2v) is 15.4. The van der Waals surface area contributed by atoms with E-state index in [0.29, 0.717) is 53.1 Å². The van der Waals surface area contributed by atoms with Gasteiger partial charge in [-0.3, -0.25) is 19.4 Å². The second-order valence-electron chi connectivity index (χ2n) is 14.3. The Morgan fingerprint density at radius 3 is 2.16 bits per heavy atom. The number of carbonyl (C=O) groups is 4. The summed E-state index contributed by atoms with van der Waals surface area (Å²) in [5.41, 5.74) is -1.01. The quantitative estimate of drug-likeness (QED) is 0.0794. The predicted octanol–water partition coefficient (Wildman–Crippen LogP) is 8.25. The normalized spacial score (nSPS) is 13.8. The van der Waals surface area contributed by atoms with Gasteiger partial charge in [0.05, 0.1) is 19.2 Å². The number of halogens is 2. The second kappa shape index (κ2) is 17.4. The highest BCUT2D eigenvalue weighted by molar-refractivity contribution is 8.13. The van der Waals surface area contributed by atoms with Crippen LogP contribution < -0.4 is 30.2 Å². The summed E-state index contributed by atoms with van der Waals surface area (Å²) in [6.07, 6.45) is 2.01. The lowest BCUT2D eigenvalue weighted by Gasteiger charge is -2.24. The van der Waals surface area contributed by atoms with Crippen LogP contribution in [0.25, 0.3) is 10.9 Å². The van der Waals surface area contributed by atoms with Crippen LogP contribution in [-0.2, 0) is 19.1 Å². The lowest BCUT2D eigenvalue weighted by atomic mass is 10.0. The van der Waals surface area contributed by atoms with Crippen LogP contribution in [0.4, 0.5) is 25.0 Å². The van der Waals surface area contributed by atoms with E-state index in [9.17, 15) is 23.6 Å². The summed E-state index contributed by atoms with van der Waals surface area (Å²) in [4.78, 5) is 55.5. The maximum absolute atomic E-state index is 15.3. The Morgan fingerprint density at radius 1 is 0.873 bits per heavy atom. The number of hydrogen-bond acceptors (Lipinski definition) is 10. The summed E-state index contributed by atoms with van der Waals surface area (Å²) in [6.45, 7) is 9.22. The zero-order valence-electron chi connectivity index (χ0n) is 31.4. The van der Waals surface area contributed by atoms with Gasteiger partial charge >= 0.3 is 6.09 Å². The molecule has 1 heterocycles. The first-order valence-corrected chi connectivity index (χ1v) is 18.7. The van der Waals surface area contributed by atoms with Crippen LogP contribution >= 0.6 is 11.8 Å². The van der Waals surface area contributed by atoms with Crippen molar-refractivity contribution < 1.29 is 46.9 Å². The van der Waals surface area contributed by atoms with E-state index in [1.165, 1.54) is 49.7 Å². The van der Waals surface area contributed by atoms with Crippen LogP contribution in [0.3, 0.4) is 0 Å². The molecule has 3 N–H and O–H groups in total. The molecule has 5 rings (SSSR count). The summed E-state index contributed by atoms with van der Waals surface area (Å²) in [5, 5.41) is 8.27. The third-order valence-corrected chi connectivity index (χ3v) is 9.53. The van der Waals surface area contributed by atoms with Gasteiger partial charge in [-0.2, -0.15) is 0 Å². The molecule has 3 amide bonds. The van der Waals surface area contributed by atoms with Gasteiger partial charge in [0.25, 0.3) is 0 Å². The molecule has 0 saturated heterocycles. The van der Waals surface area contributed by atoms with Gasteiger partial charge in [0, 0.05) is 40.8 Å². The molecule has 1 aromatic heterocycles. The number of aromatic nitrogens is 1. The first-order chi connectivity index (χ1) is 26.1. The summed E-state index contributed by atoms with van der Waals surface area (Å²) in [6, 6.07) is 13.3. The van der Waals surface area contributed by atoms with Crippen molar-refractivity contribution in [1.29, 1.82) is 0 Å². The standard InChI is InChI=1S/C40H44F2N4O8S/c1-23(2)34(46-38(50)54-39(3,4)5)35(47)55-19-7-18-52-33-22-29-27(21-32(33)51-6)30(14-17-43-29)53-31-13-12-26(20-28(31)42)45-37(49)40(15-16-40)36(48)44-25-10-8-24(41)9-11-25/h8-14,17,20-23,34H,7,15-16,18-19H2,1-6H3,(H,44,48)(H,45,49)(H,46,50)/t34-/m0/s1. The highest BCUT2D eigenvalue weighted by Crippen LogP contribution is 2.48. The molecule has 0 bridgehead atoms. The molecule has 292 valence electrons. The van der Waals surface area contributed by atoms with Crippen molar-refractivity contribution in [2.75, 3.05) is 30.1 Å². The Morgan fingerprint density at radius 2 is 1.55 bits per heavy atom. The van der Waals surface area contributed by atoms with Gasteiger partial charge < -0.3 is 34.9 Å². The van der Waals surface area contributed by atoms with E-state index in [0.717, 1.165) is 17.8 Å². The molecule has 55 heavy (non-hydrogen) atoms. The van der Waals surface area contributed by atoms with Gasteiger partial charge in [-0.1, -0.05) is 25.6 Å². The topological polar surface area (TPSA) is 154 Å². The Bertz CT molecular complexity index is 2050. The summed E-state index contributed by atoms with van der Waals surface area (Å²) in [7, 11) is 1.48. The molecule has 0 radical (unpaired) electrons. The number of pyridine rings is 1. The van der Waals surface area contributed by atoms with Crippen molar-refractivity contribution in [3.63, 3.8) is 0 Å². The van der Waals surface area contributed by atoms with Gasteiger partial charge in [-0.25, -0.2) is 13.6 Å². The SMILES string of the molecule is COc1cc2c(Oc3ccc(NC(=O)C4(C(=O)Nc5ccc(F)cc5)CC4)cc3F)ccnc2cc1OCCCSC(=O)[C@@H](NC(=O)OC(C)(C)C)C(C)C. The van der Waals surface area contributed by atoms with Crippen LogP contribution in [0, 0.1) is 23.0 Å². The lowest BCUT2D eigenvalue weighted by Crippen LogP contribution is -2.45. The minimum Gasteiger partial charge on any atom is -0.493 e. The maximum atomic E-state index is 15.3. The van der Waals surface area contributed by atoms with E-state index >= 15 is 4.39 Å². The van der Waals surface area contributed by atoms with Gasteiger partial charge in [-0.05, 0) is 94.5 Å². The number of alkyl carbamates (subject to hydrolysis) is 1. The average molecular weight is 779 g/mol. The molecule has 0 unspecified atom stereocenters. The molecule has 0 spiro atoms. The Labute approximate surface area is 322 Å².